The minimum Gasteiger partial charge on any atom is -0.389 e. The van der Waals surface area contributed by atoms with E-state index in [0.29, 0.717) is 6.42 Å². The smallest absolute Gasteiger partial charge is 0.186 e. The lowest BCUT2D eigenvalue weighted by atomic mass is 9.49. The fourth-order valence-electron chi connectivity index (χ4n) is 6.64. The number of hydrogen-bond acceptors (Lipinski definition) is 7. The van der Waals surface area contributed by atoms with Crippen molar-refractivity contribution < 1.29 is 34.8 Å². The maximum Gasteiger partial charge on any atom is 0.186 e. The Morgan fingerprint density at radius 1 is 1.15 bits per heavy atom. The molecule has 3 bridgehead atoms. The molecule has 1 spiro atoms. The first-order valence-corrected chi connectivity index (χ1v) is 9.81. The topological polar surface area (TPSA) is 124 Å². The summed E-state index contributed by atoms with van der Waals surface area (Å²) in [4.78, 5) is 27.3. The van der Waals surface area contributed by atoms with Crippen molar-refractivity contribution in [3.8, 4) is 0 Å². The van der Waals surface area contributed by atoms with Crippen LogP contribution in [0, 0.1) is 22.7 Å². The number of ether oxygens (including phenoxy) is 1. The quantitative estimate of drug-likeness (QED) is 0.514. The van der Waals surface area contributed by atoms with E-state index in [-0.39, 0.29) is 25.2 Å². The van der Waals surface area contributed by atoms with Crippen LogP contribution in [0.4, 0.5) is 0 Å². The molecule has 152 valence electrons. The maximum atomic E-state index is 13.9. The second-order valence-electron chi connectivity index (χ2n) is 10.1. The Labute approximate surface area is 158 Å². The van der Waals surface area contributed by atoms with Crippen molar-refractivity contribution in [3.63, 3.8) is 0 Å². The highest BCUT2D eigenvalue weighted by Gasteiger charge is 2.90. The number of aliphatic hydroxyl groups is 4. The van der Waals surface area contributed by atoms with Gasteiger partial charge in [-0.1, -0.05) is 20.8 Å². The second kappa shape index (κ2) is 4.82. The molecular formula is C20H30O7. The monoisotopic (exact) mass is 382 g/mol. The van der Waals surface area contributed by atoms with Gasteiger partial charge in [0.25, 0.3) is 0 Å². The van der Waals surface area contributed by atoms with Crippen molar-refractivity contribution in [1.82, 2.24) is 0 Å². The predicted molar refractivity (Wildman–Crippen MR) is 93.4 cm³/mol. The van der Waals surface area contributed by atoms with Crippen LogP contribution < -0.4 is 0 Å². The van der Waals surface area contributed by atoms with Crippen molar-refractivity contribution in [2.24, 2.45) is 22.7 Å². The normalized spacial score (nSPS) is 59.9. The molecule has 4 fully saturated rings. The summed E-state index contributed by atoms with van der Waals surface area (Å²) >= 11 is 0. The average molecular weight is 382 g/mol. The van der Waals surface area contributed by atoms with Gasteiger partial charge in [0.2, 0.25) is 0 Å². The van der Waals surface area contributed by atoms with Gasteiger partial charge < -0.3 is 25.2 Å². The van der Waals surface area contributed by atoms with Crippen LogP contribution in [0.5, 0.6) is 0 Å². The SMILES string of the molecule is CC1CCC2(O)C3(C)CC4(O)OC2(C(=O)C4(C)C(O)(C(C)C)CC3=O)C1O. The number of aliphatic hydroxyl groups excluding tert-OH is 1. The first-order chi connectivity index (χ1) is 12.2. The summed E-state index contributed by atoms with van der Waals surface area (Å²) in [6, 6.07) is 0. The predicted octanol–water partition coefficient (Wildman–Crippen LogP) is 0.311. The third kappa shape index (κ3) is 1.59. The van der Waals surface area contributed by atoms with E-state index >= 15 is 0 Å². The minimum atomic E-state index is -2.16. The summed E-state index contributed by atoms with van der Waals surface area (Å²) in [5, 5.41) is 46.0. The van der Waals surface area contributed by atoms with Gasteiger partial charge in [0.05, 0.1) is 17.1 Å². The van der Waals surface area contributed by atoms with E-state index in [9.17, 15) is 30.0 Å². The van der Waals surface area contributed by atoms with Gasteiger partial charge in [-0.25, -0.2) is 0 Å². The zero-order valence-electron chi connectivity index (χ0n) is 16.6. The molecule has 4 aliphatic rings. The Morgan fingerprint density at radius 2 is 1.74 bits per heavy atom. The van der Waals surface area contributed by atoms with Crippen molar-refractivity contribution in [2.45, 2.75) is 89.0 Å². The van der Waals surface area contributed by atoms with Crippen molar-refractivity contribution in [1.29, 1.82) is 0 Å². The highest BCUT2D eigenvalue weighted by molar-refractivity contribution is 6.04. The van der Waals surface area contributed by atoms with E-state index in [1.165, 1.54) is 13.8 Å². The molecular weight excluding hydrogens is 352 g/mol. The number of hydrogen-bond donors (Lipinski definition) is 4. The van der Waals surface area contributed by atoms with Crippen LogP contribution in [0.2, 0.25) is 0 Å². The van der Waals surface area contributed by atoms with Crippen LogP contribution in [0.3, 0.4) is 0 Å². The lowest BCUT2D eigenvalue weighted by Crippen LogP contribution is -2.78. The minimum absolute atomic E-state index is 0.103. The molecule has 8 atom stereocenters. The van der Waals surface area contributed by atoms with Gasteiger partial charge in [0.15, 0.2) is 17.2 Å². The standard InChI is InChI=1S/C20H30O7/c1-10(2)17(24)8-12(21)15(4)9-19(26)16(17,5)14(23)20(27-19)13(22)11(3)6-7-18(15,20)25/h10-11,13,22,24-26H,6-9H2,1-5H3. The molecule has 2 saturated heterocycles. The van der Waals surface area contributed by atoms with Gasteiger partial charge in [-0.2, -0.15) is 0 Å². The van der Waals surface area contributed by atoms with Gasteiger partial charge in [-0.3, -0.25) is 9.59 Å². The molecule has 7 heteroatoms. The highest BCUT2D eigenvalue weighted by Crippen LogP contribution is 2.73. The third-order valence-corrected chi connectivity index (χ3v) is 8.81. The number of Topliss-reactive ketones (excluding diaryl/α,β-unsaturated/α-hetero) is 2. The van der Waals surface area contributed by atoms with E-state index in [1.807, 2.05) is 0 Å². The Morgan fingerprint density at radius 3 is 2.30 bits per heavy atom. The van der Waals surface area contributed by atoms with Gasteiger partial charge in [-0.15, -0.1) is 0 Å². The third-order valence-electron chi connectivity index (χ3n) is 8.81. The fraction of sp³-hybridized carbons (Fsp3) is 0.900. The van der Waals surface area contributed by atoms with Crippen LogP contribution in [0.1, 0.15) is 60.3 Å². The van der Waals surface area contributed by atoms with Gasteiger partial charge >= 0.3 is 0 Å². The molecule has 2 aliphatic heterocycles. The first-order valence-electron chi connectivity index (χ1n) is 9.81. The molecule has 4 N–H and O–H groups in total. The summed E-state index contributed by atoms with van der Waals surface area (Å²) in [7, 11) is 0. The Hall–Kier alpha value is -0.860. The summed E-state index contributed by atoms with van der Waals surface area (Å²) in [5.41, 5.74) is -9.32. The van der Waals surface area contributed by atoms with Crippen LogP contribution in [-0.2, 0) is 14.3 Å². The molecule has 0 aromatic heterocycles. The van der Waals surface area contributed by atoms with E-state index in [4.69, 9.17) is 4.74 Å². The zero-order chi connectivity index (χ0) is 20.4. The summed E-state index contributed by atoms with van der Waals surface area (Å²) in [6.07, 6.45) is -1.53. The van der Waals surface area contributed by atoms with E-state index < -0.39 is 57.0 Å². The lowest BCUT2D eigenvalue weighted by molar-refractivity contribution is -0.383. The van der Waals surface area contributed by atoms with Crippen LogP contribution in [0.15, 0.2) is 0 Å². The van der Waals surface area contributed by atoms with Gasteiger partial charge in [0, 0.05) is 12.8 Å². The molecule has 0 aromatic rings. The molecule has 27 heavy (non-hydrogen) atoms. The molecule has 7 nitrogen and oxygen atoms in total. The van der Waals surface area contributed by atoms with Crippen LogP contribution in [-0.4, -0.2) is 60.7 Å². The highest BCUT2D eigenvalue weighted by atomic mass is 16.7. The largest absolute Gasteiger partial charge is 0.389 e. The molecule has 0 aromatic carbocycles. The van der Waals surface area contributed by atoms with E-state index in [1.54, 1.807) is 20.8 Å². The first kappa shape index (κ1) is 19.5. The van der Waals surface area contributed by atoms with E-state index in [2.05, 4.69) is 0 Å². The van der Waals surface area contributed by atoms with Gasteiger partial charge in [0.1, 0.15) is 16.8 Å². The van der Waals surface area contributed by atoms with Crippen molar-refractivity contribution >= 4 is 11.6 Å². The average Bonchev–Trinajstić information content (AvgIpc) is 2.71. The number of rotatable bonds is 1. The van der Waals surface area contributed by atoms with Crippen LogP contribution >= 0.6 is 0 Å². The molecule has 0 amide bonds. The molecule has 4 rings (SSSR count). The second-order valence-corrected chi connectivity index (χ2v) is 10.1. The molecule has 2 aliphatic carbocycles. The Balaban J connectivity index is 2.12. The number of ketones is 2. The Kier molecular flexibility index (Phi) is 3.47. The maximum absolute atomic E-state index is 13.9. The number of carbonyl (C=O) groups is 2. The fourth-order valence-corrected chi connectivity index (χ4v) is 6.64. The zero-order valence-corrected chi connectivity index (χ0v) is 16.6. The molecule has 2 saturated carbocycles. The number of fused-ring (bicyclic) bond motifs is 2. The summed E-state index contributed by atoms with van der Waals surface area (Å²) in [6.45, 7) is 8.08. The summed E-state index contributed by atoms with van der Waals surface area (Å²) in [5.74, 6) is -4.18. The van der Waals surface area contributed by atoms with Crippen molar-refractivity contribution in [2.75, 3.05) is 0 Å². The van der Waals surface area contributed by atoms with Crippen molar-refractivity contribution in [3.05, 3.63) is 0 Å². The molecule has 2 heterocycles. The number of carbonyl (C=O) groups excluding carboxylic acids is 2. The molecule has 8 unspecified atom stereocenters. The lowest BCUT2D eigenvalue weighted by Gasteiger charge is -2.61. The molecule has 0 radical (unpaired) electrons. The van der Waals surface area contributed by atoms with Crippen LogP contribution in [0.25, 0.3) is 0 Å². The van der Waals surface area contributed by atoms with E-state index in [0.717, 1.165) is 0 Å². The summed E-state index contributed by atoms with van der Waals surface area (Å²) < 4.78 is 5.94. The van der Waals surface area contributed by atoms with Gasteiger partial charge in [-0.05, 0) is 38.5 Å². The Bertz CT molecular complexity index is 751.